The molecule has 2 aromatic rings. The van der Waals surface area contributed by atoms with Gasteiger partial charge in [0.1, 0.15) is 5.15 Å². The quantitative estimate of drug-likeness (QED) is 0.875. The lowest BCUT2D eigenvalue weighted by atomic mass is 9.92. The number of hydrogen-bond donors (Lipinski definition) is 1. The zero-order valence-corrected chi connectivity index (χ0v) is 12.8. The number of alkyl halides is 2. The summed E-state index contributed by atoms with van der Waals surface area (Å²) in [6.07, 6.45) is 2.21. The molecule has 118 valence electrons. The summed E-state index contributed by atoms with van der Waals surface area (Å²) in [6.45, 7) is 1.90. The zero-order chi connectivity index (χ0) is 15.7. The summed E-state index contributed by atoms with van der Waals surface area (Å²) in [5.41, 5.74) is 0.915. The molecule has 0 bridgehead atoms. The molecule has 1 aliphatic rings. The van der Waals surface area contributed by atoms with Crippen LogP contribution >= 0.6 is 11.6 Å². The van der Waals surface area contributed by atoms with E-state index in [1.165, 1.54) is 0 Å². The highest BCUT2D eigenvalue weighted by atomic mass is 35.5. The molecular weight excluding hydrogens is 312 g/mol. The van der Waals surface area contributed by atoms with E-state index in [0.717, 1.165) is 5.69 Å². The van der Waals surface area contributed by atoms with Crippen LogP contribution in [-0.4, -0.2) is 31.7 Å². The molecule has 3 rings (SSSR count). The third-order valence-corrected chi connectivity index (χ3v) is 3.97. The van der Waals surface area contributed by atoms with Crippen LogP contribution in [-0.2, 0) is 0 Å². The lowest BCUT2D eigenvalue weighted by Crippen LogP contribution is -2.32. The van der Waals surface area contributed by atoms with Crippen molar-refractivity contribution in [2.45, 2.75) is 44.6 Å². The molecule has 5 nitrogen and oxygen atoms in total. The largest absolute Gasteiger partial charge is 0.351 e. The Bertz CT molecular complexity index is 663. The molecule has 0 atom stereocenters. The lowest BCUT2D eigenvalue weighted by Gasteiger charge is -2.28. The fraction of sp³-hybridized carbons (Fsp3) is 0.500. The van der Waals surface area contributed by atoms with Crippen LogP contribution in [0.3, 0.4) is 0 Å². The molecule has 1 fully saturated rings. The molecule has 0 unspecified atom stereocenters. The van der Waals surface area contributed by atoms with Crippen molar-refractivity contribution < 1.29 is 8.78 Å². The average Bonchev–Trinajstić information content (AvgIpc) is 2.87. The Morgan fingerprint density at radius 3 is 2.68 bits per heavy atom. The first-order valence-corrected chi connectivity index (χ1v) is 7.51. The first-order chi connectivity index (χ1) is 10.4. The Morgan fingerprint density at radius 2 is 2.05 bits per heavy atom. The molecule has 22 heavy (non-hydrogen) atoms. The Hall–Kier alpha value is -1.76. The number of nitrogens with one attached hydrogen (secondary N) is 1. The van der Waals surface area contributed by atoms with E-state index in [1.54, 1.807) is 16.9 Å². The molecule has 0 amide bonds. The van der Waals surface area contributed by atoms with Gasteiger partial charge in [-0.2, -0.15) is 10.1 Å². The van der Waals surface area contributed by atoms with Crippen LogP contribution in [0.5, 0.6) is 0 Å². The molecule has 2 heterocycles. The van der Waals surface area contributed by atoms with Crippen LogP contribution in [0.15, 0.2) is 18.3 Å². The number of anilines is 1. The first kappa shape index (κ1) is 15.1. The summed E-state index contributed by atoms with van der Waals surface area (Å²) in [6, 6.07) is 3.40. The van der Waals surface area contributed by atoms with Crippen LogP contribution in [0, 0.1) is 6.92 Å². The summed E-state index contributed by atoms with van der Waals surface area (Å²) in [4.78, 5) is 8.49. The highest BCUT2D eigenvalue weighted by Gasteiger charge is 2.35. The van der Waals surface area contributed by atoms with E-state index in [2.05, 4.69) is 20.4 Å². The van der Waals surface area contributed by atoms with Crippen molar-refractivity contribution in [1.29, 1.82) is 0 Å². The van der Waals surface area contributed by atoms with Crippen LogP contribution in [0.2, 0.25) is 5.15 Å². The maximum Gasteiger partial charge on any atom is 0.248 e. The van der Waals surface area contributed by atoms with E-state index in [0.29, 0.717) is 24.6 Å². The van der Waals surface area contributed by atoms with Gasteiger partial charge in [0.25, 0.3) is 0 Å². The second-order valence-electron chi connectivity index (χ2n) is 5.53. The van der Waals surface area contributed by atoms with Gasteiger partial charge >= 0.3 is 0 Å². The highest BCUT2D eigenvalue weighted by molar-refractivity contribution is 6.29. The second kappa shape index (κ2) is 5.79. The molecule has 1 saturated carbocycles. The number of hydrogen-bond acceptors (Lipinski definition) is 4. The van der Waals surface area contributed by atoms with Crippen LogP contribution in [0.1, 0.15) is 31.4 Å². The molecule has 0 spiro atoms. The van der Waals surface area contributed by atoms with Gasteiger partial charge in [0, 0.05) is 36.8 Å². The Labute approximate surface area is 131 Å². The molecule has 0 aliphatic heterocycles. The maximum atomic E-state index is 13.2. The lowest BCUT2D eigenvalue weighted by molar-refractivity contribution is -0.0361. The van der Waals surface area contributed by atoms with Crippen molar-refractivity contribution >= 4 is 17.5 Å². The van der Waals surface area contributed by atoms with Gasteiger partial charge in [-0.15, -0.1) is 0 Å². The van der Waals surface area contributed by atoms with E-state index < -0.39 is 5.92 Å². The van der Waals surface area contributed by atoms with E-state index in [9.17, 15) is 8.78 Å². The average molecular weight is 328 g/mol. The van der Waals surface area contributed by atoms with E-state index >= 15 is 0 Å². The van der Waals surface area contributed by atoms with Gasteiger partial charge in [-0.1, -0.05) is 11.6 Å². The fourth-order valence-electron chi connectivity index (χ4n) is 2.56. The Balaban J connectivity index is 1.78. The van der Waals surface area contributed by atoms with Crippen molar-refractivity contribution in [3.63, 3.8) is 0 Å². The van der Waals surface area contributed by atoms with Gasteiger partial charge in [0.05, 0.1) is 0 Å². The van der Waals surface area contributed by atoms with Gasteiger partial charge in [-0.05, 0) is 25.8 Å². The second-order valence-corrected chi connectivity index (χ2v) is 5.92. The molecule has 1 N–H and O–H groups in total. The predicted octanol–water partition coefficient (Wildman–Crippen LogP) is 3.61. The highest BCUT2D eigenvalue weighted by Crippen LogP contribution is 2.34. The molecule has 1 aliphatic carbocycles. The number of aryl methyl sites for hydroxylation is 1. The molecule has 0 saturated heterocycles. The van der Waals surface area contributed by atoms with Crippen molar-refractivity contribution in [2.75, 3.05) is 5.32 Å². The van der Waals surface area contributed by atoms with Crippen LogP contribution in [0.25, 0.3) is 5.82 Å². The third-order valence-electron chi connectivity index (χ3n) is 3.78. The normalized spacial score (nSPS) is 18.4. The smallest absolute Gasteiger partial charge is 0.248 e. The summed E-state index contributed by atoms with van der Waals surface area (Å²) in [5, 5.41) is 7.56. The van der Waals surface area contributed by atoms with Crippen molar-refractivity contribution in [3.8, 4) is 5.82 Å². The molecule has 0 radical (unpaired) electrons. The van der Waals surface area contributed by atoms with Crippen molar-refractivity contribution in [3.05, 3.63) is 29.2 Å². The number of halogens is 3. The van der Waals surface area contributed by atoms with Gasteiger partial charge in [-0.3, -0.25) is 0 Å². The standard InChI is InChI=1S/C14H16ClF2N5/c1-9-4-7-18-22(9)12-8-11(15)20-13(21-12)19-10-2-5-14(16,17)6-3-10/h4,7-8,10H,2-3,5-6H2,1H3,(H,19,20,21). The van der Waals surface area contributed by atoms with E-state index in [1.807, 2.05) is 13.0 Å². The third kappa shape index (κ3) is 3.35. The SMILES string of the molecule is Cc1ccnn1-c1cc(Cl)nc(NC2CCC(F)(F)CC2)n1. The molecule has 8 heteroatoms. The molecule has 2 aromatic heterocycles. The van der Waals surface area contributed by atoms with Gasteiger partial charge in [0.15, 0.2) is 5.82 Å². The maximum absolute atomic E-state index is 13.2. The predicted molar refractivity (Wildman–Crippen MR) is 79.7 cm³/mol. The summed E-state index contributed by atoms with van der Waals surface area (Å²) in [7, 11) is 0. The van der Waals surface area contributed by atoms with E-state index in [4.69, 9.17) is 11.6 Å². The number of aromatic nitrogens is 4. The zero-order valence-electron chi connectivity index (χ0n) is 12.1. The number of nitrogens with zero attached hydrogens (tertiary/aromatic N) is 4. The van der Waals surface area contributed by atoms with Crippen LogP contribution in [0.4, 0.5) is 14.7 Å². The fourth-order valence-corrected chi connectivity index (χ4v) is 2.73. The summed E-state index contributed by atoms with van der Waals surface area (Å²) < 4.78 is 28.0. The van der Waals surface area contributed by atoms with Crippen molar-refractivity contribution in [1.82, 2.24) is 19.7 Å². The number of rotatable bonds is 3. The summed E-state index contributed by atoms with van der Waals surface area (Å²) in [5.74, 6) is -1.66. The van der Waals surface area contributed by atoms with Gasteiger partial charge in [-0.25, -0.2) is 18.4 Å². The Kier molecular flexibility index (Phi) is 3.99. The summed E-state index contributed by atoms with van der Waals surface area (Å²) >= 11 is 6.03. The molecular formula is C14H16ClF2N5. The topological polar surface area (TPSA) is 55.6 Å². The monoisotopic (exact) mass is 327 g/mol. The first-order valence-electron chi connectivity index (χ1n) is 7.13. The van der Waals surface area contributed by atoms with Crippen LogP contribution < -0.4 is 5.32 Å². The van der Waals surface area contributed by atoms with Gasteiger partial charge in [0.2, 0.25) is 11.9 Å². The Morgan fingerprint density at radius 1 is 1.32 bits per heavy atom. The minimum absolute atomic E-state index is 0.0651. The van der Waals surface area contributed by atoms with Crippen molar-refractivity contribution in [2.24, 2.45) is 0 Å². The van der Waals surface area contributed by atoms with Gasteiger partial charge < -0.3 is 5.32 Å². The van der Waals surface area contributed by atoms with E-state index in [-0.39, 0.29) is 24.0 Å². The molecule has 0 aromatic carbocycles. The minimum Gasteiger partial charge on any atom is -0.351 e. The minimum atomic E-state index is -2.55.